The molecule has 5 nitrogen and oxygen atoms in total. The zero-order valence-electron chi connectivity index (χ0n) is 13.8. The summed E-state index contributed by atoms with van der Waals surface area (Å²) in [4.78, 5) is 12.7. The summed E-state index contributed by atoms with van der Waals surface area (Å²) < 4.78 is 5.55. The van der Waals surface area contributed by atoms with Gasteiger partial charge in [0.1, 0.15) is 11.8 Å². The summed E-state index contributed by atoms with van der Waals surface area (Å²) >= 11 is 0. The summed E-state index contributed by atoms with van der Waals surface area (Å²) in [6.45, 7) is 1.06. The monoisotopic (exact) mass is 319 g/mol. The fraction of sp³-hybridized carbons (Fsp3) is 0.611. The number of methoxy groups -OCH3 is 1. The second-order valence-electron chi connectivity index (χ2n) is 6.98. The van der Waals surface area contributed by atoms with Gasteiger partial charge < -0.3 is 20.5 Å². The number of hydrogen-bond donors (Lipinski definition) is 3. The number of aliphatic hydroxyl groups is 1. The van der Waals surface area contributed by atoms with Gasteiger partial charge in [0.25, 0.3) is 5.91 Å². The predicted molar refractivity (Wildman–Crippen MR) is 87.2 cm³/mol. The van der Waals surface area contributed by atoms with Crippen molar-refractivity contribution >= 4 is 5.91 Å². The number of quaternary nitrogens is 1. The molecule has 1 unspecified atom stereocenters. The highest BCUT2D eigenvalue weighted by molar-refractivity contribution is 5.74. The molecule has 0 aromatic heterocycles. The van der Waals surface area contributed by atoms with E-state index in [1.165, 1.54) is 0 Å². The zero-order valence-corrected chi connectivity index (χ0v) is 13.8. The molecule has 126 valence electrons. The molecule has 23 heavy (non-hydrogen) atoms. The molecule has 1 aliphatic heterocycles. The minimum absolute atomic E-state index is 0.0534. The van der Waals surface area contributed by atoms with E-state index in [9.17, 15) is 9.90 Å². The predicted octanol–water partition coefficient (Wildman–Crippen LogP) is 0.432. The molecule has 1 saturated heterocycles. The van der Waals surface area contributed by atoms with Gasteiger partial charge in [-0.05, 0) is 25.0 Å². The first kappa shape index (κ1) is 16.3. The molecule has 5 heteroatoms. The van der Waals surface area contributed by atoms with Crippen molar-refractivity contribution in [2.75, 3.05) is 20.2 Å². The number of carbonyl (C=O) groups excluding carboxylic acids is 1. The summed E-state index contributed by atoms with van der Waals surface area (Å²) in [5.41, 5.74) is 5.94. The number of nitrogens with two attached hydrogens (primary N) is 1. The molecule has 4 atom stereocenters. The number of para-hydroxylation sites is 1. The average molecular weight is 319 g/mol. The maximum absolute atomic E-state index is 11.5. The van der Waals surface area contributed by atoms with Crippen molar-refractivity contribution in [3.63, 3.8) is 0 Å². The Labute approximate surface area is 137 Å². The van der Waals surface area contributed by atoms with Gasteiger partial charge in [0.2, 0.25) is 0 Å². The van der Waals surface area contributed by atoms with Crippen LogP contribution in [-0.4, -0.2) is 36.8 Å². The van der Waals surface area contributed by atoms with E-state index in [2.05, 4.69) is 6.07 Å². The van der Waals surface area contributed by atoms with E-state index < -0.39 is 5.60 Å². The Morgan fingerprint density at radius 1 is 1.39 bits per heavy atom. The Bertz CT molecular complexity index is 577. The van der Waals surface area contributed by atoms with Gasteiger partial charge in [-0.1, -0.05) is 25.0 Å². The second-order valence-corrected chi connectivity index (χ2v) is 6.98. The van der Waals surface area contributed by atoms with Gasteiger partial charge >= 0.3 is 0 Å². The number of amides is 1. The van der Waals surface area contributed by atoms with Crippen LogP contribution in [-0.2, 0) is 4.79 Å². The van der Waals surface area contributed by atoms with Crippen molar-refractivity contribution in [2.24, 2.45) is 11.7 Å². The number of benzene rings is 1. The van der Waals surface area contributed by atoms with Crippen LogP contribution in [0.1, 0.15) is 43.7 Å². The van der Waals surface area contributed by atoms with Crippen LogP contribution in [0, 0.1) is 5.92 Å². The maximum Gasteiger partial charge on any atom is 0.272 e. The molecular formula is C18H27N2O3+. The van der Waals surface area contributed by atoms with Gasteiger partial charge in [-0.25, -0.2) is 0 Å². The maximum atomic E-state index is 11.5. The first-order valence-corrected chi connectivity index (χ1v) is 8.53. The SMILES string of the molecule is COc1ccccc1[C@H]1[C@@H]2CCCC[C@]2(O)CC[NH+]1CC(N)=O. The highest BCUT2D eigenvalue weighted by atomic mass is 16.5. The van der Waals surface area contributed by atoms with Gasteiger partial charge in [0.15, 0.2) is 6.54 Å². The number of carbonyl (C=O) groups is 1. The van der Waals surface area contributed by atoms with Gasteiger partial charge in [-0.2, -0.15) is 0 Å². The molecule has 2 aliphatic rings. The summed E-state index contributed by atoms with van der Waals surface area (Å²) in [7, 11) is 1.67. The van der Waals surface area contributed by atoms with Crippen LogP contribution in [0.25, 0.3) is 0 Å². The summed E-state index contributed by atoms with van der Waals surface area (Å²) in [5.74, 6) is 0.686. The molecular weight excluding hydrogens is 292 g/mol. The van der Waals surface area contributed by atoms with Crippen LogP contribution in [0.15, 0.2) is 24.3 Å². The largest absolute Gasteiger partial charge is 0.496 e. The quantitative estimate of drug-likeness (QED) is 0.753. The molecule has 1 aromatic rings. The topological polar surface area (TPSA) is 77.0 Å². The van der Waals surface area contributed by atoms with Crippen LogP contribution in [0.2, 0.25) is 0 Å². The van der Waals surface area contributed by atoms with E-state index in [4.69, 9.17) is 10.5 Å². The number of primary amides is 1. The lowest BCUT2D eigenvalue weighted by molar-refractivity contribution is -0.937. The molecule has 3 rings (SSSR count). The van der Waals surface area contributed by atoms with Crippen LogP contribution < -0.4 is 15.4 Å². The van der Waals surface area contributed by atoms with E-state index in [1.54, 1.807) is 7.11 Å². The lowest BCUT2D eigenvalue weighted by atomic mass is 9.66. The number of ether oxygens (including phenoxy) is 1. The Morgan fingerprint density at radius 2 is 2.17 bits per heavy atom. The summed E-state index contributed by atoms with van der Waals surface area (Å²) in [6, 6.07) is 8.01. The number of hydrogen-bond acceptors (Lipinski definition) is 3. The summed E-state index contributed by atoms with van der Waals surface area (Å²) in [6.07, 6.45) is 4.79. The molecule has 0 bridgehead atoms. The molecule has 0 spiro atoms. The molecule has 1 aromatic carbocycles. The van der Waals surface area contributed by atoms with E-state index >= 15 is 0 Å². The van der Waals surface area contributed by atoms with Crippen molar-refractivity contribution in [3.8, 4) is 5.75 Å². The smallest absolute Gasteiger partial charge is 0.272 e. The molecule has 1 saturated carbocycles. The van der Waals surface area contributed by atoms with E-state index in [0.29, 0.717) is 6.54 Å². The van der Waals surface area contributed by atoms with Gasteiger partial charge in [0.05, 0.1) is 24.8 Å². The van der Waals surface area contributed by atoms with Crippen molar-refractivity contribution in [3.05, 3.63) is 29.8 Å². The van der Waals surface area contributed by atoms with Crippen molar-refractivity contribution in [2.45, 2.75) is 43.7 Å². The minimum Gasteiger partial charge on any atom is -0.496 e. The van der Waals surface area contributed by atoms with E-state index in [-0.39, 0.29) is 17.9 Å². The lowest BCUT2D eigenvalue weighted by Crippen LogP contribution is -3.16. The number of likely N-dealkylation sites (tertiary alicyclic amines) is 1. The number of piperidine rings is 1. The molecule has 1 aliphatic carbocycles. The van der Waals surface area contributed by atoms with E-state index in [1.807, 2.05) is 18.2 Å². The van der Waals surface area contributed by atoms with Gasteiger partial charge in [-0.15, -0.1) is 0 Å². The first-order valence-electron chi connectivity index (χ1n) is 8.53. The van der Waals surface area contributed by atoms with Crippen molar-refractivity contribution in [1.29, 1.82) is 0 Å². The molecule has 2 fully saturated rings. The van der Waals surface area contributed by atoms with Crippen LogP contribution >= 0.6 is 0 Å². The van der Waals surface area contributed by atoms with Crippen molar-refractivity contribution in [1.82, 2.24) is 0 Å². The second kappa shape index (κ2) is 6.49. The third-order valence-corrected chi connectivity index (χ3v) is 5.66. The highest BCUT2D eigenvalue weighted by Gasteiger charge is 2.52. The Morgan fingerprint density at radius 3 is 2.91 bits per heavy atom. The molecule has 1 amide bonds. The third-order valence-electron chi connectivity index (χ3n) is 5.66. The van der Waals surface area contributed by atoms with Gasteiger partial charge in [0, 0.05) is 12.3 Å². The Kier molecular flexibility index (Phi) is 4.60. The minimum atomic E-state index is -0.620. The fourth-order valence-electron chi connectivity index (χ4n) is 4.64. The Hall–Kier alpha value is -1.59. The van der Waals surface area contributed by atoms with Crippen LogP contribution in [0.4, 0.5) is 0 Å². The van der Waals surface area contributed by atoms with Crippen LogP contribution in [0.5, 0.6) is 5.75 Å². The molecule has 1 heterocycles. The van der Waals surface area contributed by atoms with Gasteiger partial charge in [-0.3, -0.25) is 4.79 Å². The lowest BCUT2D eigenvalue weighted by Gasteiger charge is -2.50. The normalized spacial score (nSPS) is 33.7. The highest BCUT2D eigenvalue weighted by Crippen LogP contribution is 2.45. The zero-order chi connectivity index (χ0) is 16.4. The average Bonchev–Trinajstić information content (AvgIpc) is 2.54. The fourth-order valence-corrected chi connectivity index (χ4v) is 4.64. The third kappa shape index (κ3) is 3.08. The number of fused-ring (bicyclic) bond motifs is 1. The molecule has 0 radical (unpaired) electrons. The number of rotatable bonds is 4. The summed E-state index contributed by atoms with van der Waals surface area (Å²) in [5, 5.41) is 11.2. The molecule has 4 N–H and O–H groups in total. The Balaban J connectivity index is 2.02. The van der Waals surface area contributed by atoms with Crippen molar-refractivity contribution < 1.29 is 19.5 Å². The first-order chi connectivity index (χ1) is 11.0. The van der Waals surface area contributed by atoms with E-state index in [0.717, 1.165) is 54.9 Å². The number of nitrogens with one attached hydrogen (secondary N) is 1. The standard InChI is InChI=1S/C18H26N2O3/c1-23-15-8-3-2-6-13(15)17-14-7-4-5-9-18(14,22)10-11-20(17)12-16(19)21/h2-3,6,8,14,17,22H,4-5,7,9-12H2,1H3,(H2,19,21)/p+1/t14-,17-,18-/m0/s1. The van der Waals surface area contributed by atoms with Crippen LogP contribution in [0.3, 0.4) is 0 Å².